The third kappa shape index (κ3) is 3.02. The van der Waals surface area contributed by atoms with E-state index < -0.39 is 0 Å². The zero-order valence-electron chi connectivity index (χ0n) is 10.8. The molecule has 0 spiro atoms. The van der Waals surface area contributed by atoms with E-state index in [4.69, 9.17) is 0 Å². The van der Waals surface area contributed by atoms with Gasteiger partial charge in [-0.05, 0) is 36.6 Å². The molecule has 0 aliphatic carbocycles. The molecule has 1 rings (SSSR count). The number of hydrogen-bond donors (Lipinski definition) is 0. The molecule has 0 amide bonds. The second kappa shape index (κ2) is 5.59. The van der Waals surface area contributed by atoms with E-state index in [1.807, 2.05) is 6.08 Å². The first-order valence-corrected chi connectivity index (χ1v) is 5.64. The molecular weight excluding hydrogens is 196 g/mol. The first kappa shape index (κ1) is 12.6. The van der Waals surface area contributed by atoms with Gasteiger partial charge in [-0.3, -0.25) is 0 Å². The summed E-state index contributed by atoms with van der Waals surface area (Å²) >= 11 is 0. The van der Waals surface area contributed by atoms with Gasteiger partial charge in [-0.2, -0.15) is 0 Å². The summed E-state index contributed by atoms with van der Waals surface area (Å²) in [7, 11) is 8.31. The summed E-state index contributed by atoms with van der Waals surface area (Å²) in [4.78, 5) is 4.30. The third-order valence-electron chi connectivity index (χ3n) is 2.68. The van der Waals surface area contributed by atoms with E-state index in [-0.39, 0.29) is 0 Å². The van der Waals surface area contributed by atoms with E-state index in [0.29, 0.717) is 0 Å². The van der Waals surface area contributed by atoms with E-state index >= 15 is 0 Å². The van der Waals surface area contributed by atoms with Gasteiger partial charge in [0.2, 0.25) is 0 Å². The maximum absolute atomic E-state index is 3.78. The highest BCUT2D eigenvalue weighted by atomic mass is 15.1. The van der Waals surface area contributed by atoms with Crippen molar-refractivity contribution < 1.29 is 0 Å². The van der Waals surface area contributed by atoms with E-state index in [2.05, 4.69) is 62.8 Å². The number of nitrogens with zero attached hydrogens (tertiary/aromatic N) is 2. The van der Waals surface area contributed by atoms with Gasteiger partial charge in [0.1, 0.15) is 0 Å². The standard InChI is InChI=1S/C14H22N2/c1-6-7-8-12-11-13(15(2)3)9-10-14(12)16(4)5/h6,9-11H,1,7-8H2,2-5H3. The van der Waals surface area contributed by atoms with E-state index in [0.717, 1.165) is 12.8 Å². The number of benzene rings is 1. The summed E-state index contributed by atoms with van der Waals surface area (Å²) in [6.07, 6.45) is 4.05. The van der Waals surface area contributed by atoms with E-state index in [9.17, 15) is 0 Å². The molecule has 2 nitrogen and oxygen atoms in total. The van der Waals surface area contributed by atoms with Crippen molar-refractivity contribution in [3.8, 4) is 0 Å². The van der Waals surface area contributed by atoms with Crippen LogP contribution < -0.4 is 9.80 Å². The van der Waals surface area contributed by atoms with Crippen LogP contribution in [0.1, 0.15) is 12.0 Å². The number of allylic oxidation sites excluding steroid dienone is 1. The van der Waals surface area contributed by atoms with Crippen molar-refractivity contribution in [3.63, 3.8) is 0 Å². The Morgan fingerprint density at radius 2 is 1.81 bits per heavy atom. The Morgan fingerprint density at radius 3 is 2.31 bits per heavy atom. The van der Waals surface area contributed by atoms with Crippen LogP contribution in [0.5, 0.6) is 0 Å². The lowest BCUT2D eigenvalue weighted by molar-refractivity contribution is 0.977. The summed E-state index contributed by atoms with van der Waals surface area (Å²) in [6, 6.07) is 6.61. The van der Waals surface area contributed by atoms with Gasteiger partial charge in [-0.25, -0.2) is 0 Å². The van der Waals surface area contributed by atoms with E-state index in [1.165, 1.54) is 16.9 Å². The largest absolute Gasteiger partial charge is 0.378 e. The van der Waals surface area contributed by atoms with Crippen LogP contribution in [0, 0.1) is 0 Å². The quantitative estimate of drug-likeness (QED) is 0.701. The average Bonchev–Trinajstić information content (AvgIpc) is 2.25. The van der Waals surface area contributed by atoms with Crippen LogP contribution in [0.3, 0.4) is 0 Å². The molecule has 0 aliphatic rings. The third-order valence-corrected chi connectivity index (χ3v) is 2.68. The molecule has 0 aromatic heterocycles. The Balaban J connectivity index is 3.05. The normalized spacial score (nSPS) is 10.0. The van der Waals surface area contributed by atoms with Crippen molar-refractivity contribution in [1.82, 2.24) is 0 Å². The number of rotatable bonds is 5. The Bertz CT molecular complexity index is 354. The highest BCUT2D eigenvalue weighted by Gasteiger charge is 2.06. The maximum Gasteiger partial charge on any atom is 0.0395 e. The minimum atomic E-state index is 1.03. The summed E-state index contributed by atoms with van der Waals surface area (Å²) in [5, 5.41) is 0. The maximum atomic E-state index is 3.78. The molecule has 0 saturated heterocycles. The first-order valence-electron chi connectivity index (χ1n) is 5.64. The smallest absolute Gasteiger partial charge is 0.0395 e. The Labute approximate surface area is 99.2 Å². The number of hydrogen-bond acceptors (Lipinski definition) is 2. The lowest BCUT2D eigenvalue weighted by Crippen LogP contribution is -2.13. The lowest BCUT2D eigenvalue weighted by Gasteiger charge is -2.20. The minimum absolute atomic E-state index is 1.03. The Kier molecular flexibility index (Phi) is 4.41. The van der Waals surface area contributed by atoms with Crippen molar-refractivity contribution in [2.75, 3.05) is 38.0 Å². The molecule has 1 aromatic carbocycles. The van der Waals surface area contributed by atoms with Crippen LogP contribution >= 0.6 is 0 Å². The van der Waals surface area contributed by atoms with Crippen LogP contribution in [0.15, 0.2) is 30.9 Å². The average molecular weight is 218 g/mol. The molecule has 0 atom stereocenters. The van der Waals surface area contributed by atoms with Gasteiger partial charge in [-0.1, -0.05) is 6.08 Å². The summed E-state index contributed by atoms with van der Waals surface area (Å²) < 4.78 is 0. The van der Waals surface area contributed by atoms with Crippen LogP contribution in [-0.4, -0.2) is 28.2 Å². The summed E-state index contributed by atoms with van der Waals surface area (Å²) in [5.41, 5.74) is 3.94. The fraction of sp³-hybridized carbons (Fsp3) is 0.429. The van der Waals surface area contributed by atoms with Gasteiger partial charge in [-0.15, -0.1) is 6.58 Å². The van der Waals surface area contributed by atoms with Gasteiger partial charge >= 0.3 is 0 Å². The SMILES string of the molecule is C=CCCc1cc(N(C)C)ccc1N(C)C. The second-order valence-corrected chi connectivity index (χ2v) is 4.43. The minimum Gasteiger partial charge on any atom is -0.378 e. The molecule has 0 N–H and O–H groups in total. The lowest BCUT2D eigenvalue weighted by atomic mass is 10.1. The summed E-state index contributed by atoms with van der Waals surface area (Å²) in [6.45, 7) is 3.78. The molecule has 0 aliphatic heterocycles. The predicted octanol–water partition coefficient (Wildman–Crippen LogP) is 2.94. The zero-order valence-corrected chi connectivity index (χ0v) is 10.8. The van der Waals surface area contributed by atoms with Gasteiger partial charge in [0, 0.05) is 39.6 Å². The Morgan fingerprint density at radius 1 is 1.12 bits per heavy atom. The van der Waals surface area contributed by atoms with Gasteiger partial charge in [0.15, 0.2) is 0 Å². The fourth-order valence-electron chi connectivity index (χ4n) is 1.74. The second-order valence-electron chi connectivity index (χ2n) is 4.43. The van der Waals surface area contributed by atoms with Gasteiger partial charge in [0.05, 0.1) is 0 Å². The van der Waals surface area contributed by atoms with Crippen LogP contribution in [0.4, 0.5) is 11.4 Å². The molecule has 88 valence electrons. The van der Waals surface area contributed by atoms with E-state index in [1.54, 1.807) is 0 Å². The van der Waals surface area contributed by atoms with Gasteiger partial charge in [0.25, 0.3) is 0 Å². The molecular formula is C14H22N2. The van der Waals surface area contributed by atoms with Crippen LogP contribution in [0.25, 0.3) is 0 Å². The highest BCUT2D eigenvalue weighted by molar-refractivity contribution is 5.61. The monoisotopic (exact) mass is 218 g/mol. The molecule has 0 fully saturated rings. The van der Waals surface area contributed by atoms with Crippen molar-refractivity contribution in [2.24, 2.45) is 0 Å². The molecule has 0 radical (unpaired) electrons. The summed E-state index contributed by atoms with van der Waals surface area (Å²) in [5.74, 6) is 0. The molecule has 0 saturated carbocycles. The van der Waals surface area contributed by atoms with Crippen molar-refractivity contribution >= 4 is 11.4 Å². The van der Waals surface area contributed by atoms with Crippen molar-refractivity contribution in [2.45, 2.75) is 12.8 Å². The first-order chi connectivity index (χ1) is 7.56. The number of aryl methyl sites for hydroxylation is 1. The van der Waals surface area contributed by atoms with Crippen molar-refractivity contribution in [3.05, 3.63) is 36.4 Å². The van der Waals surface area contributed by atoms with Crippen LogP contribution in [0.2, 0.25) is 0 Å². The highest BCUT2D eigenvalue weighted by Crippen LogP contribution is 2.25. The Hall–Kier alpha value is -1.44. The molecule has 2 heteroatoms. The van der Waals surface area contributed by atoms with Crippen molar-refractivity contribution in [1.29, 1.82) is 0 Å². The molecule has 16 heavy (non-hydrogen) atoms. The predicted molar refractivity (Wildman–Crippen MR) is 73.6 cm³/mol. The molecule has 0 bridgehead atoms. The molecule has 0 unspecified atom stereocenters. The van der Waals surface area contributed by atoms with Crippen LogP contribution in [-0.2, 0) is 6.42 Å². The topological polar surface area (TPSA) is 6.48 Å². The van der Waals surface area contributed by atoms with Gasteiger partial charge < -0.3 is 9.80 Å². The number of anilines is 2. The fourth-order valence-corrected chi connectivity index (χ4v) is 1.74. The molecule has 0 heterocycles. The molecule has 1 aromatic rings. The zero-order chi connectivity index (χ0) is 12.1.